The van der Waals surface area contributed by atoms with Gasteiger partial charge in [0.1, 0.15) is 17.6 Å². The third-order valence-corrected chi connectivity index (χ3v) is 4.56. The van der Waals surface area contributed by atoms with Gasteiger partial charge in [0.2, 0.25) is 0 Å². The second-order valence-electron chi connectivity index (χ2n) is 6.28. The zero-order valence-electron chi connectivity index (χ0n) is 14.5. The molecule has 1 atom stereocenters. The molecular weight excluding hydrogens is 330 g/mol. The molecule has 0 aliphatic carbocycles. The van der Waals surface area contributed by atoms with Gasteiger partial charge in [0, 0.05) is 30.4 Å². The molecule has 0 radical (unpaired) electrons. The maximum atomic E-state index is 9.70. The van der Waals surface area contributed by atoms with Gasteiger partial charge in [-0.2, -0.15) is 10.4 Å². The molecule has 26 heavy (non-hydrogen) atoms. The molecule has 1 saturated heterocycles. The van der Waals surface area contributed by atoms with Gasteiger partial charge in [0.25, 0.3) is 0 Å². The summed E-state index contributed by atoms with van der Waals surface area (Å²) in [6, 6.07) is 8.03. The molecule has 3 aromatic heterocycles. The quantitative estimate of drug-likeness (QED) is 0.777. The van der Waals surface area contributed by atoms with E-state index in [1.807, 2.05) is 25.1 Å². The first kappa shape index (κ1) is 16.4. The highest BCUT2D eigenvalue weighted by molar-refractivity contribution is 5.85. The molecule has 7 heteroatoms. The molecule has 0 saturated carbocycles. The fourth-order valence-electron chi connectivity index (χ4n) is 3.33. The fourth-order valence-corrected chi connectivity index (χ4v) is 3.33. The van der Waals surface area contributed by atoms with E-state index in [0.717, 1.165) is 35.4 Å². The van der Waals surface area contributed by atoms with E-state index in [2.05, 4.69) is 21.1 Å². The Morgan fingerprint density at radius 1 is 1.38 bits per heavy atom. The minimum atomic E-state index is -0.288. The number of β-amino-alcohol motifs (C(OH)–C–C–N with tert-alkyl or cyclic N) is 1. The van der Waals surface area contributed by atoms with Crippen molar-refractivity contribution in [2.45, 2.75) is 19.4 Å². The van der Waals surface area contributed by atoms with Crippen LogP contribution >= 0.6 is 0 Å². The van der Waals surface area contributed by atoms with E-state index in [-0.39, 0.29) is 6.10 Å². The van der Waals surface area contributed by atoms with E-state index in [9.17, 15) is 10.4 Å². The minimum absolute atomic E-state index is 0.288. The van der Waals surface area contributed by atoms with Crippen molar-refractivity contribution in [3.05, 3.63) is 42.4 Å². The molecule has 3 aromatic rings. The maximum absolute atomic E-state index is 9.70. The van der Waals surface area contributed by atoms with Crippen LogP contribution in [0.1, 0.15) is 18.9 Å². The average Bonchev–Trinajstić information content (AvgIpc) is 3.27. The number of anilines is 1. The Kier molecular flexibility index (Phi) is 4.19. The number of nitriles is 1. The number of aliphatic hydroxyl groups excluding tert-OH is 1. The van der Waals surface area contributed by atoms with Gasteiger partial charge in [-0.25, -0.2) is 9.50 Å². The van der Waals surface area contributed by atoms with Crippen LogP contribution in [0, 0.1) is 11.3 Å². The van der Waals surface area contributed by atoms with Gasteiger partial charge in [-0.1, -0.05) is 0 Å². The smallest absolute Gasteiger partial charge is 0.138 e. The lowest BCUT2D eigenvalue weighted by atomic mass is 10.1. The number of fused-ring (bicyclic) bond motifs is 1. The summed E-state index contributed by atoms with van der Waals surface area (Å²) in [4.78, 5) is 6.62. The average molecular weight is 349 g/mol. The van der Waals surface area contributed by atoms with Crippen molar-refractivity contribution in [1.29, 1.82) is 5.26 Å². The van der Waals surface area contributed by atoms with Crippen molar-refractivity contribution in [2.75, 3.05) is 24.6 Å². The summed E-state index contributed by atoms with van der Waals surface area (Å²) in [6.45, 7) is 3.89. The van der Waals surface area contributed by atoms with E-state index < -0.39 is 0 Å². The molecular formula is C19H19N5O2. The lowest BCUT2D eigenvalue weighted by Crippen LogP contribution is -2.21. The minimum Gasteiger partial charge on any atom is -0.492 e. The largest absolute Gasteiger partial charge is 0.492 e. The summed E-state index contributed by atoms with van der Waals surface area (Å²) in [6.07, 6.45) is 5.60. The van der Waals surface area contributed by atoms with E-state index in [4.69, 9.17) is 4.74 Å². The van der Waals surface area contributed by atoms with Gasteiger partial charge in [0.15, 0.2) is 0 Å². The summed E-state index contributed by atoms with van der Waals surface area (Å²) in [5.41, 5.74) is 2.99. The second kappa shape index (κ2) is 6.65. The molecule has 0 amide bonds. The molecule has 1 aliphatic heterocycles. The summed E-state index contributed by atoms with van der Waals surface area (Å²) in [7, 11) is 0. The van der Waals surface area contributed by atoms with Crippen LogP contribution in [0.4, 0.5) is 5.82 Å². The highest BCUT2D eigenvalue weighted by Crippen LogP contribution is 2.31. The van der Waals surface area contributed by atoms with Gasteiger partial charge in [-0.05, 0) is 31.5 Å². The second-order valence-corrected chi connectivity index (χ2v) is 6.28. The molecule has 1 N–H and O–H groups in total. The Hall–Kier alpha value is -3.11. The first-order valence-corrected chi connectivity index (χ1v) is 8.63. The lowest BCUT2D eigenvalue weighted by Gasteiger charge is -2.17. The van der Waals surface area contributed by atoms with Gasteiger partial charge in [-0.3, -0.25) is 0 Å². The topological polar surface area (TPSA) is 86.7 Å². The van der Waals surface area contributed by atoms with Crippen LogP contribution in [0.2, 0.25) is 0 Å². The van der Waals surface area contributed by atoms with Crippen molar-refractivity contribution >= 4 is 11.3 Å². The molecule has 0 aromatic carbocycles. The first-order chi connectivity index (χ1) is 12.7. The van der Waals surface area contributed by atoms with E-state index in [1.165, 1.54) is 0 Å². The lowest BCUT2D eigenvalue weighted by molar-refractivity contribution is 0.198. The molecule has 7 nitrogen and oxygen atoms in total. The van der Waals surface area contributed by atoms with Crippen LogP contribution in [0.3, 0.4) is 0 Å². The summed E-state index contributed by atoms with van der Waals surface area (Å²) in [5.74, 6) is 1.53. The molecule has 0 bridgehead atoms. The van der Waals surface area contributed by atoms with Gasteiger partial charge in [0.05, 0.1) is 36.2 Å². The van der Waals surface area contributed by atoms with Gasteiger partial charge >= 0.3 is 0 Å². The summed E-state index contributed by atoms with van der Waals surface area (Å²) in [5, 5.41) is 23.4. The number of nitrogens with zero attached hydrogens (tertiary/aromatic N) is 5. The van der Waals surface area contributed by atoms with E-state index >= 15 is 0 Å². The first-order valence-electron chi connectivity index (χ1n) is 8.63. The van der Waals surface area contributed by atoms with Crippen molar-refractivity contribution in [3.8, 4) is 22.9 Å². The fraction of sp³-hybridized carbons (Fsp3) is 0.316. The number of hydrogen-bond acceptors (Lipinski definition) is 6. The monoisotopic (exact) mass is 349 g/mol. The van der Waals surface area contributed by atoms with Crippen LogP contribution in [-0.4, -0.2) is 45.5 Å². The third kappa shape index (κ3) is 2.85. The van der Waals surface area contributed by atoms with Crippen LogP contribution in [0.5, 0.6) is 5.75 Å². The number of rotatable bonds is 4. The molecule has 1 fully saturated rings. The Morgan fingerprint density at radius 2 is 2.27 bits per heavy atom. The molecule has 0 spiro atoms. The number of aliphatic hydroxyl groups is 1. The zero-order chi connectivity index (χ0) is 18.1. The molecule has 4 heterocycles. The highest BCUT2D eigenvalue weighted by Gasteiger charge is 2.21. The summed E-state index contributed by atoms with van der Waals surface area (Å²) >= 11 is 0. The SMILES string of the molecule is CCOc1cc(-c2ccc(N3CCC(O)C3)nc2)c2c(C#N)cnn2c1. The highest BCUT2D eigenvalue weighted by atomic mass is 16.5. The third-order valence-electron chi connectivity index (χ3n) is 4.56. The van der Waals surface area contributed by atoms with E-state index in [0.29, 0.717) is 24.5 Å². The number of hydrogen-bond donors (Lipinski definition) is 1. The van der Waals surface area contributed by atoms with Crippen LogP contribution in [-0.2, 0) is 0 Å². The van der Waals surface area contributed by atoms with Crippen molar-refractivity contribution < 1.29 is 9.84 Å². The van der Waals surface area contributed by atoms with Gasteiger partial charge < -0.3 is 14.7 Å². The standard InChI is InChI=1S/C19H19N5O2/c1-2-26-16-7-17(19-14(8-20)10-22-24(19)12-16)13-3-4-18(21-9-13)23-6-5-15(25)11-23/h3-4,7,9-10,12,15,25H,2,5-6,11H2,1H3. The summed E-state index contributed by atoms with van der Waals surface area (Å²) < 4.78 is 7.31. The maximum Gasteiger partial charge on any atom is 0.138 e. The predicted octanol–water partition coefficient (Wildman–Crippen LogP) is 2.24. The predicted molar refractivity (Wildman–Crippen MR) is 97.1 cm³/mol. The number of pyridine rings is 2. The molecule has 1 unspecified atom stereocenters. The molecule has 1 aliphatic rings. The number of aromatic nitrogens is 3. The van der Waals surface area contributed by atoms with Crippen LogP contribution in [0.25, 0.3) is 16.6 Å². The zero-order valence-corrected chi connectivity index (χ0v) is 14.5. The Bertz CT molecular complexity index is 974. The Morgan fingerprint density at radius 3 is 2.92 bits per heavy atom. The van der Waals surface area contributed by atoms with E-state index in [1.54, 1.807) is 23.1 Å². The van der Waals surface area contributed by atoms with Crippen molar-refractivity contribution in [2.24, 2.45) is 0 Å². The molecule has 132 valence electrons. The number of ether oxygens (including phenoxy) is 1. The molecule has 4 rings (SSSR count). The van der Waals surface area contributed by atoms with Gasteiger partial charge in [-0.15, -0.1) is 0 Å². The van der Waals surface area contributed by atoms with Crippen LogP contribution < -0.4 is 9.64 Å². The Labute approximate surface area is 151 Å². The normalized spacial score (nSPS) is 16.8. The van der Waals surface area contributed by atoms with Crippen molar-refractivity contribution in [3.63, 3.8) is 0 Å². The van der Waals surface area contributed by atoms with Crippen LogP contribution in [0.15, 0.2) is 36.8 Å². The van der Waals surface area contributed by atoms with Crippen molar-refractivity contribution in [1.82, 2.24) is 14.6 Å². The Balaban J connectivity index is 1.77.